The van der Waals surface area contributed by atoms with Crippen LogP contribution < -0.4 is 0 Å². The van der Waals surface area contributed by atoms with E-state index in [0.717, 1.165) is 5.56 Å². The number of Topliss-reactive ketones (excluding diaryl/α,β-unsaturated/α-hetero) is 1. The molecule has 1 atom stereocenters. The minimum Gasteiger partial charge on any atom is -0.403 e. The molecule has 2 rings (SSSR count). The Balaban J connectivity index is 2.25. The number of rotatable bonds is 5. The average molecular weight is 314 g/mol. The van der Waals surface area contributed by atoms with Crippen molar-refractivity contribution in [2.45, 2.75) is 64.5 Å². The monoisotopic (exact) mass is 314 g/mol. The second kappa shape index (κ2) is 6.25. The molecule has 1 saturated heterocycles. The molecule has 3 nitrogen and oxygen atoms in total. The van der Waals surface area contributed by atoms with Crippen molar-refractivity contribution in [1.29, 1.82) is 0 Å². The molecule has 1 aromatic rings. The highest BCUT2D eigenvalue weighted by Gasteiger charge is 2.57. The lowest BCUT2D eigenvalue weighted by Gasteiger charge is -2.32. The van der Waals surface area contributed by atoms with Crippen molar-refractivity contribution in [1.82, 2.24) is 0 Å². The van der Waals surface area contributed by atoms with Crippen LogP contribution in [0, 0.1) is 0 Å². The van der Waals surface area contributed by atoms with Gasteiger partial charge in [0.05, 0.1) is 11.2 Å². The van der Waals surface area contributed by atoms with E-state index in [1.165, 1.54) is 0 Å². The topological polar surface area (TPSA) is 35.5 Å². The zero-order valence-corrected chi connectivity index (χ0v) is 15.1. The van der Waals surface area contributed by atoms with Crippen molar-refractivity contribution in [2.75, 3.05) is 0 Å². The van der Waals surface area contributed by atoms with Crippen LogP contribution in [0.5, 0.6) is 0 Å². The van der Waals surface area contributed by atoms with Crippen molar-refractivity contribution in [3.63, 3.8) is 0 Å². The molecule has 1 aliphatic rings. The highest BCUT2D eigenvalue weighted by molar-refractivity contribution is 6.51. The highest BCUT2D eigenvalue weighted by atomic mass is 16.7. The van der Waals surface area contributed by atoms with Gasteiger partial charge in [-0.2, -0.15) is 0 Å². The Kier molecular flexibility index (Phi) is 4.88. The predicted octanol–water partition coefficient (Wildman–Crippen LogP) is 4.69. The van der Waals surface area contributed by atoms with E-state index in [0.29, 0.717) is 6.42 Å². The Labute approximate surface area is 140 Å². The van der Waals surface area contributed by atoms with E-state index >= 15 is 0 Å². The van der Waals surface area contributed by atoms with Crippen LogP contribution in [0.15, 0.2) is 42.5 Å². The molecule has 4 heteroatoms. The molecule has 0 aromatic heterocycles. The fourth-order valence-electron chi connectivity index (χ4n) is 2.79. The fourth-order valence-corrected chi connectivity index (χ4v) is 2.79. The first-order valence-electron chi connectivity index (χ1n) is 8.19. The SMILES string of the molecule is C/C=C/[C@](C)(CC(=O)c1ccccc1)B1OC(C)(C)C(C)(C)O1. The lowest BCUT2D eigenvalue weighted by molar-refractivity contribution is 0.00578. The zero-order valence-electron chi connectivity index (χ0n) is 15.1. The molecule has 0 amide bonds. The van der Waals surface area contributed by atoms with Gasteiger partial charge in [0.2, 0.25) is 0 Å². The third-order valence-electron chi connectivity index (χ3n) is 4.98. The van der Waals surface area contributed by atoms with Gasteiger partial charge in [0.15, 0.2) is 5.78 Å². The van der Waals surface area contributed by atoms with E-state index in [9.17, 15) is 4.79 Å². The van der Waals surface area contributed by atoms with Crippen LogP contribution in [0.1, 0.15) is 58.3 Å². The van der Waals surface area contributed by atoms with Crippen LogP contribution in [-0.2, 0) is 9.31 Å². The van der Waals surface area contributed by atoms with Gasteiger partial charge < -0.3 is 9.31 Å². The highest BCUT2D eigenvalue weighted by Crippen LogP contribution is 2.47. The standard InChI is InChI=1S/C19H27BO3/c1-7-13-19(6,14-16(21)15-11-9-8-10-12-15)20-22-17(2,3)18(4,5)23-20/h7-13H,14H2,1-6H3/b13-7+/t19-/m1/s1. The van der Waals surface area contributed by atoms with E-state index < -0.39 is 23.6 Å². The molecule has 0 saturated carbocycles. The molecular formula is C19H27BO3. The summed E-state index contributed by atoms with van der Waals surface area (Å²) >= 11 is 0. The van der Waals surface area contributed by atoms with Gasteiger partial charge in [0.1, 0.15) is 0 Å². The lowest BCUT2D eigenvalue weighted by Crippen LogP contribution is -2.41. The predicted molar refractivity (Wildman–Crippen MR) is 94.7 cm³/mol. The summed E-state index contributed by atoms with van der Waals surface area (Å²) in [5.41, 5.74) is -0.0909. The van der Waals surface area contributed by atoms with Gasteiger partial charge in [-0.3, -0.25) is 4.79 Å². The quantitative estimate of drug-likeness (QED) is 0.449. The molecular weight excluding hydrogens is 287 g/mol. The van der Waals surface area contributed by atoms with Crippen molar-refractivity contribution in [2.24, 2.45) is 0 Å². The Morgan fingerprint density at radius 3 is 2.13 bits per heavy atom. The van der Waals surface area contributed by atoms with E-state index in [-0.39, 0.29) is 5.78 Å². The van der Waals surface area contributed by atoms with Gasteiger partial charge in [-0.05, 0) is 34.6 Å². The molecule has 124 valence electrons. The van der Waals surface area contributed by atoms with Gasteiger partial charge >= 0.3 is 7.12 Å². The molecule has 1 aromatic carbocycles. The third kappa shape index (κ3) is 3.59. The summed E-state index contributed by atoms with van der Waals surface area (Å²) < 4.78 is 12.4. The average Bonchev–Trinajstić information content (AvgIpc) is 2.69. The van der Waals surface area contributed by atoms with E-state index in [1.54, 1.807) is 0 Å². The molecule has 23 heavy (non-hydrogen) atoms. The summed E-state index contributed by atoms with van der Waals surface area (Å²) in [5, 5.41) is -0.507. The Bertz CT molecular complexity index is 576. The molecule has 1 fully saturated rings. The van der Waals surface area contributed by atoms with Crippen molar-refractivity contribution in [3.8, 4) is 0 Å². The summed E-state index contributed by atoms with van der Waals surface area (Å²) in [6.45, 7) is 12.1. The number of benzene rings is 1. The summed E-state index contributed by atoms with van der Waals surface area (Å²) in [7, 11) is -0.448. The minimum absolute atomic E-state index is 0.0981. The first-order chi connectivity index (χ1) is 10.6. The second-order valence-corrected chi connectivity index (χ2v) is 7.56. The lowest BCUT2D eigenvalue weighted by atomic mass is 9.55. The molecule has 1 heterocycles. The Morgan fingerprint density at radius 1 is 1.13 bits per heavy atom. The van der Waals surface area contributed by atoms with Crippen LogP contribution in [0.25, 0.3) is 0 Å². The number of carbonyl (C=O) groups excluding carboxylic acids is 1. The Morgan fingerprint density at radius 2 is 1.65 bits per heavy atom. The largest absolute Gasteiger partial charge is 0.468 e. The van der Waals surface area contributed by atoms with Crippen molar-refractivity contribution < 1.29 is 14.1 Å². The third-order valence-corrected chi connectivity index (χ3v) is 4.98. The van der Waals surface area contributed by atoms with E-state index in [4.69, 9.17) is 9.31 Å². The first kappa shape index (κ1) is 18.0. The summed E-state index contributed by atoms with van der Waals surface area (Å²) in [5.74, 6) is 0.0981. The van der Waals surface area contributed by atoms with E-state index in [2.05, 4.69) is 0 Å². The van der Waals surface area contributed by atoms with Gasteiger partial charge in [-0.25, -0.2) is 0 Å². The van der Waals surface area contributed by atoms with Crippen LogP contribution in [0.2, 0.25) is 5.31 Å². The van der Waals surface area contributed by atoms with Crippen LogP contribution in [-0.4, -0.2) is 24.1 Å². The fraction of sp³-hybridized carbons (Fsp3) is 0.526. The summed E-state index contributed by atoms with van der Waals surface area (Å²) in [6.07, 6.45) is 4.33. The Hall–Kier alpha value is -1.39. The molecule has 0 spiro atoms. The number of ketones is 1. The number of hydrogen-bond acceptors (Lipinski definition) is 3. The van der Waals surface area contributed by atoms with Crippen LogP contribution in [0.3, 0.4) is 0 Å². The van der Waals surface area contributed by atoms with Gasteiger partial charge in [0, 0.05) is 17.3 Å². The molecule has 0 radical (unpaired) electrons. The van der Waals surface area contributed by atoms with E-state index in [1.807, 2.05) is 84.0 Å². The molecule has 0 N–H and O–H groups in total. The summed E-state index contributed by atoms with van der Waals surface area (Å²) in [6, 6.07) is 9.38. The van der Waals surface area contributed by atoms with Crippen LogP contribution >= 0.6 is 0 Å². The normalized spacial score (nSPS) is 22.3. The van der Waals surface area contributed by atoms with Crippen molar-refractivity contribution >= 4 is 12.9 Å². The second-order valence-electron chi connectivity index (χ2n) is 7.56. The number of carbonyl (C=O) groups is 1. The zero-order chi connectivity index (χ0) is 17.3. The molecule has 1 aliphatic heterocycles. The minimum atomic E-state index is -0.507. The molecule has 0 aliphatic carbocycles. The molecule has 0 unspecified atom stereocenters. The number of hydrogen-bond donors (Lipinski definition) is 0. The maximum absolute atomic E-state index is 12.7. The first-order valence-corrected chi connectivity index (χ1v) is 8.19. The summed E-state index contributed by atoms with van der Waals surface area (Å²) in [4.78, 5) is 12.7. The molecule has 0 bridgehead atoms. The van der Waals surface area contributed by atoms with Gasteiger partial charge in [0.25, 0.3) is 0 Å². The van der Waals surface area contributed by atoms with Gasteiger partial charge in [-0.1, -0.05) is 49.4 Å². The smallest absolute Gasteiger partial charge is 0.403 e. The maximum Gasteiger partial charge on any atom is 0.468 e. The van der Waals surface area contributed by atoms with Crippen molar-refractivity contribution in [3.05, 3.63) is 48.0 Å². The van der Waals surface area contributed by atoms with Crippen LogP contribution in [0.4, 0.5) is 0 Å². The maximum atomic E-state index is 12.7. The van der Waals surface area contributed by atoms with Gasteiger partial charge in [-0.15, -0.1) is 0 Å². The number of allylic oxidation sites excluding steroid dienone is 2.